The molecule has 1 fully saturated rings. The summed E-state index contributed by atoms with van der Waals surface area (Å²) in [7, 11) is 0. The van der Waals surface area contributed by atoms with E-state index >= 15 is 0 Å². The minimum Gasteiger partial charge on any atom is -0.454 e. The van der Waals surface area contributed by atoms with Gasteiger partial charge in [-0.05, 0) is 29.5 Å². The van der Waals surface area contributed by atoms with E-state index in [0.717, 1.165) is 17.7 Å². The van der Waals surface area contributed by atoms with Crippen molar-refractivity contribution in [2.75, 3.05) is 6.79 Å². The first-order valence-corrected chi connectivity index (χ1v) is 9.57. The highest BCUT2D eigenvalue weighted by Gasteiger charge is 2.50. The van der Waals surface area contributed by atoms with Crippen molar-refractivity contribution in [1.29, 1.82) is 0 Å². The number of nitrogens with one attached hydrogen (secondary N) is 3. The molecule has 8 nitrogen and oxygen atoms in total. The van der Waals surface area contributed by atoms with Crippen LogP contribution in [0.3, 0.4) is 0 Å². The summed E-state index contributed by atoms with van der Waals surface area (Å²) in [5.74, 6) is 0.355. The number of nitrogens with two attached hydrogens (primary N) is 1. The predicted molar refractivity (Wildman–Crippen MR) is 100 cm³/mol. The van der Waals surface area contributed by atoms with Gasteiger partial charge in [-0.3, -0.25) is 20.6 Å². The van der Waals surface area contributed by atoms with Gasteiger partial charge >= 0.3 is 0 Å². The highest BCUT2D eigenvalue weighted by atomic mass is 16.7. The van der Waals surface area contributed by atoms with Gasteiger partial charge < -0.3 is 20.1 Å². The fourth-order valence-corrected chi connectivity index (χ4v) is 4.89. The topological polar surface area (TPSA) is 115 Å². The molecule has 1 saturated heterocycles. The maximum absolute atomic E-state index is 13.2. The van der Waals surface area contributed by atoms with Crippen molar-refractivity contribution in [3.8, 4) is 11.5 Å². The van der Waals surface area contributed by atoms with Crippen molar-refractivity contribution in [1.82, 2.24) is 16.0 Å². The number of Topliss-reactive ketones (excluding diaryl/α,β-unsaturated/α-hetero) is 1. The molecule has 1 amide bonds. The highest BCUT2D eigenvalue weighted by Crippen LogP contribution is 2.48. The maximum Gasteiger partial charge on any atom is 0.231 e. The first-order chi connectivity index (χ1) is 13.3. The number of carbonyl (C=O) groups is 2. The zero-order valence-electron chi connectivity index (χ0n) is 15.9. The second-order valence-electron chi connectivity index (χ2n) is 8.72. The molecule has 4 atom stereocenters. The van der Waals surface area contributed by atoms with Crippen molar-refractivity contribution in [2.45, 2.75) is 45.1 Å². The number of ether oxygens (including phenoxy) is 2. The van der Waals surface area contributed by atoms with Crippen LogP contribution in [0.1, 0.15) is 38.2 Å². The van der Waals surface area contributed by atoms with Crippen LogP contribution in [-0.2, 0) is 9.59 Å². The fourth-order valence-electron chi connectivity index (χ4n) is 4.89. The van der Waals surface area contributed by atoms with Gasteiger partial charge in [-0.1, -0.05) is 19.9 Å². The van der Waals surface area contributed by atoms with Gasteiger partial charge in [0.1, 0.15) is 6.29 Å². The Hall–Kier alpha value is -2.58. The number of fused-ring (bicyclic) bond motifs is 2. The Bertz CT molecular complexity index is 909. The van der Waals surface area contributed by atoms with E-state index < -0.39 is 12.2 Å². The molecule has 5 rings (SSSR count). The van der Waals surface area contributed by atoms with E-state index in [4.69, 9.17) is 15.2 Å². The van der Waals surface area contributed by atoms with E-state index in [0.29, 0.717) is 23.5 Å². The quantitative estimate of drug-likeness (QED) is 0.562. The Morgan fingerprint density at radius 1 is 1.11 bits per heavy atom. The summed E-state index contributed by atoms with van der Waals surface area (Å²) in [6.45, 7) is 4.35. The highest BCUT2D eigenvalue weighted by molar-refractivity contribution is 6.00. The average molecular weight is 384 g/mol. The predicted octanol–water partition coefficient (Wildman–Crippen LogP) is 0.649. The summed E-state index contributed by atoms with van der Waals surface area (Å²) >= 11 is 0. The van der Waals surface area contributed by atoms with Crippen molar-refractivity contribution in [3.63, 3.8) is 0 Å². The summed E-state index contributed by atoms with van der Waals surface area (Å²) in [4.78, 5) is 26.1. The molecule has 1 aromatic rings. The normalized spacial score (nSPS) is 33.0. The molecule has 0 aromatic heterocycles. The van der Waals surface area contributed by atoms with Crippen LogP contribution in [0.25, 0.3) is 0 Å². The van der Waals surface area contributed by atoms with Crippen LogP contribution in [0.2, 0.25) is 0 Å². The van der Waals surface area contributed by atoms with Crippen molar-refractivity contribution in [2.24, 2.45) is 17.1 Å². The molecule has 3 heterocycles. The largest absolute Gasteiger partial charge is 0.454 e. The van der Waals surface area contributed by atoms with Gasteiger partial charge in [0, 0.05) is 23.6 Å². The molecule has 0 spiro atoms. The van der Waals surface area contributed by atoms with Crippen LogP contribution in [0.4, 0.5) is 0 Å². The molecule has 4 unspecified atom stereocenters. The lowest BCUT2D eigenvalue weighted by Gasteiger charge is -2.48. The number of allylic oxidation sites excluding steroid dienone is 2. The van der Waals surface area contributed by atoms with Gasteiger partial charge in [0.25, 0.3) is 0 Å². The number of hydrogen-bond acceptors (Lipinski definition) is 7. The van der Waals surface area contributed by atoms with Gasteiger partial charge in [-0.15, -0.1) is 0 Å². The van der Waals surface area contributed by atoms with E-state index in [-0.39, 0.29) is 36.0 Å². The number of rotatable bonds is 1. The van der Waals surface area contributed by atoms with Gasteiger partial charge in [-0.2, -0.15) is 0 Å². The third-order valence-electron chi connectivity index (χ3n) is 5.99. The second-order valence-corrected chi connectivity index (χ2v) is 8.72. The Labute approximate surface area is 162 Å². The van der Waals surface area contributed by atoms with Crippen molar-refractivity contribution < 1.29 is 19.1 Å². The average Bonchev–Trinajstić information content (AvgIpc) is 3.06. The minimum absolute atomic E-state index is 0.0857. The molecule has 1 aliphatic carbocycles. The first-order valence-electron chi connectivity index (χ1n) is 9.57. The first kappa shape index (κ1) is 17.5. The number of hydrogen-bond donors (Lipinski definition) is 4. The van der Waals surface area contributed by atoms with Crippen LogP contribution >= 0.6 is 0 Å². The minimum atomic E-state index is -0.631. The summed E-state index contributed by atoms with van der Waals surface area (Å²) in [5.41, 5.74) is 8.28. The molecule has 1 aromatic carbocycles. The van der Waals surface area contributed by atoms with E-state index in [1.165, 1.54) is 0 Å². The molecular formula is C20H24N4O4. The number of amides is 1. The zero-order valence-corrected chi connectivity index (χ0v) is 15.9. The third-order valence-corrected chi connectivity index (χ3v) is 5.99. The Morgan fingerprint density at radius 2 is 1.89 bits per heavy atom. The molecule has 148 valence electrons. The summed E-state index contributed by atoms with van der Waals surface area (Å²) in [6.07, 6.45) is 0.227. The maximum atomic E-state index is 13.2. The van der Waals surface area contributed by atoms with Crippen LogP contribution < -0.4 is 31.2 Å². The van der Waals surface area contributed by atoms with Gasteiger partial charge in [0.15, 0.2) is 17.3 Å². The lowest BCUT2D eigenvalue weighted by atomic mass is 9.66. The molecule has 0 saturated carbocycles. The standard InChI is InChI=1S/C20H24N4O4/c1-20(2)6-10-15(11(25)7-20)14(9-3-4-12-13(5-9)28-8-27-12)16-17(22-10)23-19(21)24-18(16)26/h3-5,14,16-17,19,22-23H,6-8,21H2,1-2H3,(H,24,26). The van der Waals surface area contributed by atoms with Gasteiger partial charge in [0.05, 0.1) is 12.1 Å². The molecule has 3 aliphatic heterocycles. The lowest BCUT2D eigenvalue weighted by Crippen LogP contribution is -2.71. The van der Waals surface area contributed by atoms with Crippen LogP contribution in [0.15, 0.2) is 29.5 Å². The van der Waals surface area contributed by atoms with Crippen LogP contribution in [-0.4, -0.2) is 30.9 Å². The molecular weight excluding hydrogens is 360 g/mol. The second kappa shape index (κ2) is 5.96. The Kier molecular flexibility index (Phi) is 3.73. The molecule has 0 radical (unpaired) electrons. The Morgan fingerprint density at radius 3 is 2.71 bits per heavy atom. The molecule has 8 heteroatoms. The number of carbonyl (C=O) groups excluding carboxylic acids is 2. The monoisotopic (exact) mass is 384 g/mol. The van der Waals surface area contributed by atoms with E-state index in [1.54, 1.807) is 0 Å². The van der Waals surface area contributed by atoms with Gasteiger partial charge in [0.2, 0.25) is 12.7 Å². The van der Waals surface area contributed by atoms with Crippen LogP contribution in [0, 0.1) is 11.3 Å². The van der Waals surface area contributed by atoms with Crippen molar-refractivity contribution in [3.05, 3.63) is 35.0 Å². The smallest absolute Gasteiger partial charge is 0.231 e. The van der Waals surface area contributed by atoms with E-state index in [2.05, 4.69) is 29.8 Å². The van der Waals surface area contributed by atoms with Crippen LogP contribution in [0.5, 0.6) is 11.5 Å². The molecule has 28 heavy (non-hydrogen) atoms. The zero-order chi connectivity index (χ0) is 19.6. The molecule has 5 N–H and O–H groups in total. The third kappa shape index (κ3) is 2.67. The Balaban J connectivity index is 1.66. The lowest BCUT2D eigenvalue weighted by molar-refractivity contribution is -0.131. The number of ketones is 1. The summed E-state index contributed by atoms with van der Waals surface area (Å²) < 4.78 is 10.9. The van der Waals surface area contributed by atoms with Gasteiger partial charge in [-0.25, -0.2) is 0 Å². The SMILES string of the molecule is CC1(C)CC(=O)C2=C(C1)NC1NC(N)NC(=O)C1C2c1ccc2c(c1)OCO2. The van der Waals surface area contributed by atoms with Crippen molar-refractivity contribution >= 4 is 11.7 Å². The van der Waals surface area contributed by atoms with E-state index in [9.17, 15) is 9.59 Å². The number of benzene rings is 1. The molecule has 4 aliphatic rings. The summed E-state index contributed by atoms with van der Waals surface area (Å²) in [5, 5.41) is 9.37. The fraction of sp³-hybridized carbons (Fsp3) is 0.500. The molecule has 0 bridgehead atoms. The summed E-state index contributed by atoms with van der Waals surface area (Å²) in [6, 6.07) is 5.64. The van der Waals surface area contributed by atoms with E-state index in [1.807, 2.05) is 18.2 Å².